The van der Waals surface area contributed by atoms with E-state index >= 15 is 0 Å². The Bertz CT molecular complexity index is 613. The highest BCUT2D eigenvalue weighted by atomic mass is 32.1. The second-order valence-corrected chi connectivity index (χ2v) is 5.67. The molecule has 1 aliphatic heterocycles. The number of hydrogen-bond donors (Lipinski definition) is 3. The van der Waals surface area contributed by atoms with Gasteiger partial charge >= 0.3 is 0 Å². The van der Waals surface area contributed by atoms with E-state index in [4.69, 9.17) is 9.47 Å². The molecule has 0 bridgehead atoms. The van der Waals surface area contributed by atoms with Crippen LogP contribution in [-0.2, 0) is 6.42 Å². The monoisotopic (exact) mass is 307 g/mol. The Hall–Kier alpha value is -1.92. The van der Waals surface area contributed by atoms with Gasteiger partial charge in [-0.1, -0.05) is 6.07 Å². The zero-order chi connectivity index (χ0) is 14.7. The number of rotatable bonds is 5. The van der Waals surface area contributed by atoms with E-state index in [-0.39, 0.29) is 17.6 Å². The zero-order valence-electron chi connectivity index (χ0n) is 11.4. The van der Waals surface area contributed by atoms with Crippen molar-refractivity contribution in [2.24, 2.45) is 0 Å². The lowest BCUT2D eigenvalue weighted by Gasteiger charge is -2.24. The highest BCUT2D eigenvalue weighted by Crippen LogP contribution is 2.35. The van der Waals surface area contributed by atoms with E-state index in [1.807, 2.05) is 10.8 Å². The molecule has 1 aromatic heterocycles. The number of ether oxygens (including phenoxy) is 2. The van der Waals surface area contributed by atoms with Gasteiger partial charge in [0.15, 0.2) is 23.0 Å². The van der Waals surface area contributed by atoms with Gasteiger partial charge in [0.2, 0.25) is 0 Å². The Labute approximate surface area is 126 Å². The Morgan fingerprint density at radius 2 is 2.05 bits per heavy atom. The molecule has 1 atom stereocenters. The van der Waals surface area contributed by atoms with Crippen LogP contribution in [0.4, 0.5) is 0 Å². The van der Waals surface area contributed by atoms with Crippen LogP contribution < -0.4 is 14.8 Å². The summed E-state index contributed by atoms with van der Waals surface area (Å²) in [5, 5.41) is 25.9. The topological polar surface area (TPSA) is 71.0 Å². The van der Waals surface area contributed by atoms with Crippen molar-refractivity contribution in [3.63, 3.8) is 0 Å². The van der Waals surface area contributed by atoms with Crippen LogP contribution in [0.3, 0.4) is 0 Å². The van der Waals surface area contributed by atoms with Gasteiger partial charge in [-0.2, -0.15) is 0 Å². The fourth-order valence-corrected chi connectivity index (χ4v) is 2.85. The molecule has 0 saturated carbocycles. The van der Waals surface area contributed by atoms with Gasteiger partial charge < -0.3 is 25.0 Å². The zero-order valence-corrected chi connectivity index (χ0v) is 12.2. The van der Waals surface area contributed by atoms with Crippen molar-refractivity contribution in [1.82, 2.24) is 5.32 Å². The fourth-order valence-electron chi connectivity index (χ4n) is 2.18. The van der Waals surface area contributed by atoms with Crippen molar-refractivity contribution >= 4 is 11.3 Å². The van der Waals surface area contributed by atoms with Gasteiger partial charge in [0, 0.05) is 17.3 Å². The summed E-state index contributed by atoms with van der Waals surface area (Å²) in [6.07, 6.45) is 0.783. The maximum atomic E-state index is 9.43. The highest BCUT2D eigenvalue weighted by Gasteiger charge is 2.21. The molecule has 0 spiro atoms. The van der Waals surface area contributed by atoms with Gasteiger partial charge in [-0.3, -0.25) is 0 Å². The van der Waals surface area contributed by atoms with Crippen LogP contribution in [0.2, 0.25) is 0 Å². The summed E-state index contributed by atoms with van der Waals surface area (Å²) < 4.78 is 11.4. The Morgan fingerprint density at radius 1 is 1.19 bits per heavy atom. The molecule has 1 aliphatic rings. The molecule has 6 heteroatoms. The lowest BCUT2D eigenvalue weighted by molar-refractivity contribution is 0.0920. The molecule has 0 fully saturated rings. The van der Waals surface area contributed by atoms with Gasteiger partial charge in [0.1, 0.15) is 12.7 Å². The molecule has 0 amide bonds. The molecule has 2 aromatic rings. The predicted molar refractivity (Wildman–Crippen MR) is 80.6 cm³/mol. The van der Waals surface area contributed by atoms with Crippen LogP contribution in [0.25, 0.3) is 0 Å². The molecule has 1 aromatic carbocycles. The van der Waals surface area contributed by atoms with Gasteiger partial charge in [-0.25, -0.2) is 0 Å². The van der Waals surface area contributed by atoms with E-state index in [1.54, 1.807) is 23.5 Å². The van der Waals surface area contributed by atoms with E-state index < -0.39 is 0 Å². The fraction of sp³-hybridized carbons (Fsp3) is 0.333. The van der Waals surface area contributed by atoms with Crippen molar-refractivity contribution in [2.75, 3.05) is 19.7 Å². The first-order valence-electron chi connectivity index (χ1n) is 6.79. The molecule has 3 N–H and O–H groups in total. The van der Waals surface area contributed by atoms with Crippen LogP contribution in [0.5, 0.6) is 23.0 Å². The largest absolute Gasteiger partial charge is 0.504 e. The van der Waals surface area contributed by atoms with Crippen LogP contribution in [0, 0.1) is 0 Å². The van der Waals surface area contributed by atoms with E-state index in [9.17, 15) is 10.2 Å². The summed E-state index contributed by atoms with van der Waals surface area (Å²) in [7, 11) is 0. The number of thiophene rings is 1. The third-order valence-electron chi connectivity index (χ3n) is 3.31. The first kappa shape index (κ1) is 14.0. The second kappa shape index (κ2) is 6.24. The van der Waals surface area contributed by atoms with Crippen molar-refractivity contribution < 1.29 is 19.7 Å². The van der Waals surface area contributed by atoms with E-state index in [0.29, 0.717) is 13.2 Å². The van der Waals surface area contributed by atoms with Crippen molar-refractivity contribution in [1.29, 1.82) is 0 Å². The van der Waals surface area contributed by atoms with Gasteiger partial charge in [-0.15, -0.1) is 11.3 Å². The van der Waals surface area contributed by atoms with E-state index in [2.05, 4.69) is 5.32 Å². The Morgan fingerprint density at radius 3 is 2.90 bits per heavy atom. The smallest absolute Gasteiger partial charge is 0.172 e. The number of phenolic OH excluding ortho intramolecular Hbond substituents is 2. The summed E-state index contributed by atoms with van der Waals surface area (Å²) in [5.74, 6) is 1.48. The molecule has 0 saturated heterocycles. The van der Waals surface area contributed by atoms with Gasteiger partial charge in [0.05, 0.1) is 0 Å². The SMILES string of the molecule is Oc1ccc(CCNCC2COc3cscc3O2)cc1O. The maximum Gasteiger partial charge on any atom is 0.172 e. The third kappa shape index (κ3) is 3.40. The maximum absolute atomic E-state index is 9.43. The molecule has 5 nitrogen and oxygen atoms in total. The molecular weight excluding hydrogens is 290 g/mol. The van der Waals surface area contributed by atoms with E-state index in [1.165, 1.54) is 6.07 Å². The number of benzene rings is 1. The molecule has 21 heavy (non-hydrogen) atoms. The predicted octanol–water partition coefficient (Wildman–Crippen LogP) is 2.13. The van der Waals surface area contributed by atoms with Crippen LogP contribution >= 0.6 is 11.3 Å². The minimum Gasteiger partial charge on any atom is -0.504 e. The minimum absolute atomic E-state index is 0.0142. The van der Waals surface area contributed by atoms with E-state index in [0.717, 1.165) is 30.0 Å². The molecule has 0 radical (unpaired) electrons. The second-order valence-electron chi connectivity index (χ2n) is 4.93. The van der Waals surface area contributed by atoms with Crippen molar-refractivity contribution in [2.45, 2.75) is 12.5 Å². The average Bonchev–Trinajstić information content (AvgIpc) is 2.95. The quantitative estimate of drug-likeness (QED) is 0.583. The summed E-state index contributed by atoms with van der Waals surface area (Å²) in [5.41, 5.74) is 0.971. The first-order valence-corrected chi connectivity index (χ1v) is 7.74. The third-order valence-corrected chi connectivity index (χ3v) is 4.01. The van der Waals surface area contributed by atoms with Crippen molar-refractivity contribution in [3.8, 4) is 23.0 Å². The highest BCUT2D eigenvalue weighted by molar-refractivity contribution is 7.08. The number of aromatic hydroxyl groups is 2. The van der Waals surface area contributed by atoms with Gasteiger partial charge in [0.25, 0.3) is 0 Å². The average molecular weight is 307 g/mol. The van der Waals surface area contributed by atoms with Crippen LogP contribution in [-0.4, -0.2) is 36.0 Å². The van der Waals surface area contributed by atoms with Crippen LogP contribution in [0.15, 0.2) is 29.0 Å². The normalized spacial score (nSPS) is 16.9. The van der Waals surface area contributed by atoms with Crippen LogP contribution in [0.1, 0.15) is 5.56 Å². The van der Waals surface area contributed by atoms with Crippen molar-refractivity contribution in [3.05, 3.63) is 34.5 Å². The molecule has 112 valence electrons. The first-order chi connectivity index (χ1) is 10.2. The lowest BCUT2D eigenvalue weighted by Crippen LogP contribution is -2.38. The minimum atomic E-state index is -0.0916. The summed E-state index contributed by atoms with van der Waals surface area (Å²) in [6.45, 7) is 2.02. The summed E-state index contributed by atoms with van der Waals surface area (Å²) in [6, 6.07) is 4.88. The standard InChI is InChI=1S/C15H17NO4S/c17-12-2-1-10(5-13(12)18)3-4-16-6-11-7-19-14-8-21-9-15(14)20-11/h1-2,5,8-9,11,16-18H,3-4,6-7H2. The number of hydrogen-bond acceptors (Lipinski definition) is 6. The Balaban J connectivity index is 1.42. The lowest BCUT2D eigenvalue weighted by atomic mass is 10.1. The number of phenols is 2. The molecular formula is C15H17NO4S. The number of nitrogens with one attached hydrogen (secondary N) is 1. The number of fused-ring (bicyclic) bond motifs is 1. The molecule has 1 unspecified atom stereocenters. The van der Waals surface area contributed by atoms with Gasteiger partial charge in [-0.05, 0) is 30.7 Å². The Kier molecular flexibility index (Phi) is 4.17. The molecule has 3 rings (SSSR count). The summed E-state index contributed by atoms with van der Waals surface area (Å²) in [4.78, 5) is 0. The molecule has 2 heterocycles. The molecule has 0 aliphatic carbocycles. The summed E-state index contributed by atoms with van der Waals surface area (Å²) >= 11 is 1.57.